The molecule has 0 bridgehead atoms. The molecule has 1 amide bonds. The van der Waals surface area contributed by atoms with Crippen LogP contribution in [0.2, 0.25) is 0 Å². The van der Waals surface area contributed by atoms with E-state index in [1.54, 1.807) is 11.3 Å². The zero-order chi connectivity index (χ0) is 16.2. The van der Waals surface area contributed by atoms with Crippen molar-refractivity contribution in [2.45, 2.75) is 26.8 Å². The van der Waals surface area contributed by atoms with Crippen LogP contribution < -0.4 is 5.32 Å². The first-order valence-electron chi connectivity index (χ1n) is 7.38. The predicted molar refractivity (Wildman–Crippen MR) is 88.2 cm³/mol. The molecule has 3 rings (SSSR count). The third kappa shape index (κ3) is 3.68. The summed E-state index contributed by atoms with van der Waals surface area (Å²) in [6, 6.07) is 4.02. The molecule has 0 unspecified atom stereocenters. The molecule has 0 spiro atoms. The number of thiophene rings is 1. The molecule has 0 fully saturated rings. The number of nitrogens with zero attached hydrogens (tertiary/aromatic N) is 3. The van der Waals surface area contributed by atoms with Crippen LogP contribution in [0.4, 0.5) is 0 Å². The highest BCUT2D eigenvalue weighted by Crippen LogP contribution is 2.19. The third-order valence-corrected chi connectivity index (χ3v) is 4.32. The minimum absolute atomic E-state index is 0.0374. The van der Waals surface area contributed by atoms with E-state index in [9.17, 15) is 4.79 Å². The van der Waals surface area contributed by atoms with E-state index >= 15 is 0 Å². The maximum absolute atomic E-state index is 12.0. The summed E-state index contributed by atoms with van der Waals surface area (Å²) < 4.78 is 6.90. The first kappa shape index (κ1) is 15.5. The topological polar surface area (TPSA) is 73.0 Å². The summed E-state index contributed by atoms with van der Waals surface area (Å²) >= 11 is 1.65. The van der Waals surface area contributed by atoms with Crippen molar-refractivity contribution >= 4 is 17.2 Å². The summed E-state index contributed by atoms with van der Waals surface area (Å²) in [7, 11) is 0. The van der Waals surface area contributed by atoms with Gasteiger partial charge in [-0.15, -0.1) is 0 Å². The number of carbonyl (C=O) groups is 1. The van der Waals surface area contributed by atoms with E-state index in [0.717, 1.165) is 22.5 Å². The van der Waals surface area contributed by atoms with Gasteiger partial charge in [-0.05, 0) is 31.4 Å². The van der Waals surface area contributed by atoms with Crippen LogP contribution in [-0.2, 0) is 17.8 Å². The van der Waals surface area contributed by atoms with Crippen molar-refractivity contribution in [3.8, 4) is 11.3 Å². The molecule has 7 heteroatoms. The molecule has 0 saturated carbocycles. The molecule has 120 valence electrons. The van der Waals surface area contributed by atoms with Crippen molar-refractivity contribution in [1.29, 1.82) is 0 Å². The zero-order valence-corrected chi connectivity index (χ0v) is 13.9. The first-order valence-corrected chi connectivity index (χ1v) is 8.32. The van der Waals surface area contributed by atoms with Crippen LogP contribution in [0.3, 0.4) is 0 Å². The number of hydrogen-bond acceptors (Lipinski definition) is 5. The second kappa shape index (κ2) is 6.78. The number of aryl methyl sites for hydroxylation is 2. The maximum Gasteiger partial charge on any atom is 0.224 e. The Bertz CT molecular complexity index is 769. The van der Waals surface area contributed by atoms with E-state index < -0.39 is 0 Å². The number of amides is 1. The maximum atomic E-state index is 12.0. The van der Waals surface area contributed by atoms with Gasteiger partial charge in [0.1, 0.15) is 5.76 Å². The van der Waals surface area contributed by atoms with Gasteiger partial charge in [-0.2, -0.15) is 16.4 Å². The highest BCUT2D eigenvalue weighted by Gasteiger charge is 2.13. The number of rotatable bonds is 6. The van der Waals surface area contributed by atoms with Gasteiger partial charge < -0.3 is 9.84 Å². The van der Waals surface area contributed by atoms with Crippen molar-refractivity contribution in [1.82, 2.24) is 20.3 Å². The molecule has 0 aliphatic rings. The fourth-order valence-electron chi connectivity index (χ4n) is 2.34. The number of nitrogens with one attached hydrogen (secondary N) is 1. The number of hydrogen-bond donors (Lipinski definition) is 1. The molecule has 3 heterocycles. The summed E-state index contributed by atoms with van der Waals surface area (Å²) in [6.07, 6.45) is 2.22. The summed E-state index contributed by atoms with van der Waals surface area (Å²) in [5, 5.41) is 15.4. The minimum atomic E-state index is -0.0374. The fourth-order valence-corrected chi connectivity index (χ4v) is 2.99. The van der Waals surface area contributed by atoms with E-state index in [0.29, 0.717) is 25.3 Å². The molecule has 3 aromatic heterocycles. The normalized spacial score (nSPS) is 10.9. The van der Waals surface area contributed by atoms with Gasteiger partial charge >= 0.3 is 0 Å². The van der Waals surface area contributed by atoms with Gasteiger partial charge in [0.05, 0.1) is 24.4 Å². The van der Waals surface area contributed by atoms with Gasteiger partial charge in [0.2, 0.25) is 5.91 Å². The van der Waals surface area contributed by atoms with Gasteiger partial charge in [-0.25, -0.2) is 0 Å². The monoisotopic (exact) mass is 330 g/mol. The highest BCUT2D eigenvalue weighted by molar-refractivity contribution is 7.08. The van der Waals surface area contributed by atoms with Gasteiger partial charge in [0.15, 0.2) is 0 Å². The lowest BCUT2D eigenvalue weighted by Gasteiger charge is -2.05. The van der Waals surface area contributed by atoms with Crippen LogP contribution >= 0.6 is 11.3 Å². The Morgan fingerprint density at radius 3 is 2.96 bits per heavy atom. The van der Waals surface area contributed by atoms with Crippen LogP contribution in [0, 0.1) is 13.8 Å². The SMILES string of the molecule is Cc1noc(C)c1CC(=O)NCCn1ccc(-c2ccsc2)n1. The number of carbonyl (C=O) groups excluding carboxylic acids is 1. The fraction of sp³-hybridized carbons (Fsp3) is 0.312. The van der Waals surface area contributed by atoms with E-state index in [1.807, 2.05) is 42.2 Å². The number of aromatic nitrogens is 3. The van der Waals surface area contributed by atoms with E-state index in [4.69, 9.17) is 4.52 Å². The Balaban J connectivity index is 1.49. The van der Waals surface area contributed by atoms with Crippen LogP contribution in [0.15, 0.2) is 33.6 Å². The summed E-state index contributed by atoms with van der Waals surface area (Å²) in [5.74, 6) is 0.662. The Labute approximate surface area is 138 Å². The van der Waals surface area contributed by atoms with Crippen LogP contribution in [0.1, 0.15) is 17.0 Å². The Kier molecular flexibility index (Phi) is 4.57. The smallest absolute Gasteiger partial charge is 0.224 e. The second-order valence-corrected chi connectivity index (χ2v) is 6.09. The Morgan fingerprint density at radius 1 is 1.39 bits per heavy atom. The van der Waals surface area contributed by atoms with Gasteiger partial charge in [0.25, 0.3) is 0 Å². The molecule has 0 saturated heterocycles. The lowest BCUT2D eigenvalue weighted by Crippen LogP contribution is -2.29. The van der Waals surface area contributed by atoms with Gasteiger partial charge in [0, 0.05) is 29.2 Å². The molecule has 6 nitrogen and oxygen atoms in total. The minimum Gasteiger partial charge on any atom is -0.361 e. The Morgan fingerprint density at radius 2 is 2.26 bits per heavy atom. The molecular formula is C16H18N4O2S. The van der Waals surface area contributed by atoms with E-state index in [1.165, 1.54) is 0 Å². The highest BCUT2D eigenvalue weighted by atomic mass is 32.1. The lowest BCUT2D eigenvalue weighted by molar-refractivity contribution is -0.120. The van der Waals surface area contributed by atoms with Crippen molar-refractivity contribution in [2.75, 3.05) is 6.54 Å². The van der Waals surface area contributed by atoms with Gasteiger partial charge in [-0.1, -0.05) is 5.16 Å². The Hall–Kier alpha value is -2.41. The summed E-state index contributed by atoms with van der Waals surface area (Å²) in [6.45, 7) is 4.83. The third-order valence-electron chi connectivity index (χ3n) is 3.64. The molecule has 0 radical (unpaired) electrons. The molecule has 0 atom stereocenters. The molecule has 0 aromatic carbocycles. The zero-order valence-electron chi connectivity index (χ0n) is 13.1. The van der Waals surface area contributed by atoms with Crippen molar-refractivity contribution in [3.63, 3.8) is 0 Å². The average Bonchev–Trinajstić information content (AvgIpc) is 3.25. The molecule has 1 N–H and O–H groups in total. The van der Waals surface area contributed by atoms with E-state index in [2.05, 4.69) is 21.0 Å². The summed E-state index contributed by atoms with van der Waals surface area (Å²) in [4.78, 5) is 12.0. The molecule has 3 aromatic rings. The lowest BCUT2D eigenvalue weighted by atomic mass is 10.1. The van der Waals surface area contributed by atoms with Crippen LogP contribution in [0.5, 0.6) is 0 Å². The largest absolute Gasteiger partial charge is 0.361 e. The van der Waals surface area contributed by atoms with Crippen LogP contribution in [-0.4, -0.2) is 27.4 Å². The quantitative estimate of drug-likeness (QED) is 0.754. The first-order chi connectivity index (χ1) is 11.1. The van der Waals surface area contributed by atoms with Crippen molar-refractivity contribution in [2.24, 2.45) is 0 Å². The average molecular weight is 330 g/mol. The second-order valence-electron chi connectivity index (χ2n) is 5.31. The van der Waals surface area contributed by atoms with E-state index in [-0.39, 0.29) is 5.91 Å². The summed E-state index contributed by atoms with van der Waals surface area (Å²) in [5.41, 5.74) is 3.70. The van der Waals surface area contributed by atoms with Crippen molar-refractivity contribution in [3.05, 3.63) is 46.1 Å². The standard InChI is InChI=1S/C16H18N4O2S/c1-11-14(12(2)22-19-11)9-16(21)17-5-7-20-6-3-15(18-20)13-4-8-23-10-13/h3-4,6,8,10H,5,7,9H2,1-2H3,(H,17,21). The van der Waals surface area contributed by atoms with Crippen molar-refractivity contribution < 1.29 is 9.32 Å². The molecule has 0 aliphatic heterocycles. The molecular weight excluding hydrogens is 312 g/mol. The van der Waals surface area contributed by atoms with Crippen LogP contribution in [0.25, 0.3) is 11.3 Å². The molecule has 0 aliphatic carbocycles. The molecule has 23 heavy (non-hydrogen) atoms. The van der Waals surface area contributed by atoms with Gasteiger partial charge in [-0.3, -0.25) is 9.48 Å². The predicted octanol–water partition coefficient (Wildman–Crippen LogP) is 2.58.